The summed E-state index contributed by atoms with van der Waals surface area (Å²) in [5, 5.41) is 0. The monoisotopic (exact) mass is 318 g/mol. The largest absolute Gasteiger partial charge is 0.240 e. The lowest BCUT2D eigenvalue weighted by atomic mass is 10.0. The number of benzene rings is 2. The fourth-order valence-electron chi connectivity index (χ4n) is 2.02. The molecular weight excluding hydrogens is 312 g/mol. The van der Waals surface area contributed by atoms with Gasteiger partial charge in [0.15, 0.2) is 0 Å². The molecular formula is C16H6N4O4. The van der Waals surface area contributed by atoms with Gasteiger partial charge in [-0.1, -0.05) is 0 Å². The van der Waals surface area contributed by atoms with Gasteiger partial charge in [0.25, 0.3) is 0 Å². The molecule has 0 heterocycles. The lowest BCUT2D eigenvalue weighted by Gasteiger charge is -2.08. The van der Waals surface area contributed by atoms with Crippen molar-refractivity contribution in [1.82, 2.24) is 0 Å². The van der Waals surface area contributed by atoms with Crippen molar-refractivity contribution < 1.29 is 19.2 Å². The van der Waals surface area contributed by atoms with Gasteiger partial charge in [-0.2, -0.15) is 20.0 Å². The summed E-state index contributed by atoms with van der Waals surface area (Å²) in [6.45, 7) is 0. The Bertz CT molecular complexity index is 989. The fourth-order valence-corrected chi connectivity index (χ4v) is 2.02. The van der Waals surface area contributed by atoms with Crippen LogP contribution in [0.2, 0.25) is 0 Å². The number of isocyanates is 4. The maximum atomic E-state index is 10.7. The van der Waals surface area contributed by atoms with Crippen LogP contribution in [0.4, 0.5) is 22.7 Å². The maximum Gasteiger partial charge on any atom is 0.240 e. The van der Waals surface area contributed by atoms with E-state index in [0.29, 0.717) is 11.1 Å². The molecule has 0 amide bonds. The van der Waals surface area contributed by atoms with Gasteiger partial charge in [0, 0.05) is 11.1 Å². The predicted molar refractivity (Wildman–Crippen MR) is 83.0 cm³/mol. The van der Waals surface area contributed by atoms with Crippen LogP contribution >= 0.6 is 0 Å². The molecule has 0 aliphatic rings. The molecule has 0 fully saturated rings. The zero-order valence-electron chi connectivity index (χ0n) is 11.9. The van der Waals surface area contributed by atoms with Crippen LogP contribution in [0, 0.1) is 0 Å². The normalized spacial score (nSPS) is 8.83. The molecule has 2 rings (SSSR count). The van der Waals surface area contributed by atoms with E-state index in [0.717, 1.165) is 0 Å². The van der Waals surface area contributed by atoms with Gasteiger partial charge >= 0.3 is 0 Å². The molecule has 2 aromatic rings. The Labute approximate surface area is 134 Å². The fraction of sp³-hybridized carbons (Fsp3) is 0. The van der Waals surface area contributed by atoms with E-state index in [1.807, 2.05) is 0 Å². The summed E-state index contributed by atoms with van der Waals surface area (Å²) in [6.07, 6.45) is 5.59. The van der Waals surface area contributed by atoms with Gasteiger partial charge in [0.05, 0.1) is 22.7 Å². The Morgan fingerprint density at radius 3 is 1.71 bits per heavy atom. The van der Waals surface area contributed by atoms with Gasteiger partial charge in [-0.3, -0.25) is 0 Å². The summed E-state index contributed by atoms with van der Waals surface area (Å²) in [5.74, 6) is 0. The molecule has 8 nitrogen and oxygen atoms in total. The quantitative estimate of drug-likeness (QED) is 0.621. The third-order valence-corrected chi connectivity index (χ3v) is 2.93. The van der Waals surface area contributed by atoms with Gasteiger partial charge in [-0.15, -0.1) is 0 Å². The summed E-state index contributed by atoms with van der Waals surface area (Å²) >= 11 is 0. The molecule has 0 saturated heterocycles. The molecule has 0 aliphatic carbocycles. The second kappa shape index (κ2) is 7.82. The van der Waals surface area contributed by atoms with E-state index >= 15 is 0 Å². The van der Waals surface area contributed by atoms with E-state index in [9.17, 15) is 19.2 Å². The van der Waals surface area contributed by atoms with Crippen molar-refractivity contribution in [2.75, 3.05) is 0 Å². The van der Waals surface area contributed by atoms with Gasteiger partial charge in [0.1, 0.15) is 0 Å². The number of hydrogen-bond donors (Lipinski definition) is 0. The lowest BCUT2D eigenvalue weighted by Crippen LogP contribution is -1.82. The summed E-state index contributed by atoms with van der Waals surface area (Å²) in [6, 6.07) is 8.71. The van der Waals surface area contributed by atoms with Crippen LogP contribution in [0.3, 0.4) is 0 Å². The zero-order valence-corrected chi connectivity index (χ0v) is 11.9. The van der Waals surface area contributed by atoms with Crippen molar-refractivity contribution in [3.63, 3.8) is 0 Å². The first-order valence-electron chi connectivity index (χ1n) is 6.33. The molecule has 0 aromatic heterocycles. The Kier molecular flexibility index (Phi) is 5.32. The minimum Gasteiger partial charge on any atom is -0.211 e. The molecule has 0 unspecified atom stereocenters. The SMILES string of the molecule is O=C=Nc1ccc(-c2cc(N=C=O)ccc2N=C=O)c(N=C=O)c1. The first-order chi connectivity index (χ1) is 11.7. The zero-order chi connectivity index (χ0) is 17.4. The van der Waals surface area contributed by atoms with Crippen molar-refractivity contribution in [2.24, 2.45) is 20.0 Å². The van der Waals surface area contributed by atoms with Crippen molar-refractivity contribution in [2.45, 2.75) is 0 Å². The topological polar surface area (TPSA) is 118 Å². The van der Waals surface area contributed by atoms with Crippen LogP contribution in [-0.2, 0) is 19.2 Å². The van der Waals surface area contributed by atoms with E-state index in [-0.39, 0.29) is 22.7 Å². The molecule has 8 heteroatoms. The van der Waals surface area contributed by atoms with Crippen LogP contribution in [0.25, 0.3) is 11.1 Å². The Hall–Kier alpha value is -4.04. The molecule has 0 bridgehead atoms. The highest BCUT2D eigenvalue weighted by Crippen LogP contribution is 2.40. The van der Waals surface area contributed by atoms with Crippen LogP contribution in [0.1, 0.15) is 0 Å². The molecule has 0 radical (unpaired) electrons. The second-order valence-corrected chi connectivity index (χ2v) is 4.22. The van der Waals surface area contributed by atoms with Crippen molar-refractivity contribution in [3.8, 4) is 11.1 Å². The van der Waals surface area contributed by atoms with Crippen molar-refractivity contribution >= 4 is 47.1 Å². The summed E-state index contributed by atoms with van der Waals surface area (Å²) in [4.78, 5) is 56.1. The second-order valence-electron chi connectivity index (χ2n) is 4.22. The summed E-state index contributed by atoms with van der Waals surface area (Å²) in [7, 11) is 0. The third-order valence-electron chi connectivity index (χ3n) is 2.93. The predicted octanol–water partition coefficient (Wildman–Crippen LogP) is 3.22. The number of nitrogens with zero attached hydrogens (tertiary/aromatic N) is 4. The van der Waals surface area contributed by atoms with E-state index in [4.69, 9.17) is 0 Å². The maximum absolute atomic E-state index is 10.7. The first kappa shape index (κ1) is 16.3. The molecule has 2 aromatic carbocycles. The minimum atomic E-state index is 0.135. The Balaban J connectivity index is 2.79. The summed E-state index contributed by atoms with van der Waals surface area (Å²) in [5.41, 5.74) is 1.61. The molecule has 0 aliphatic heterocycles. The number of aliphatic imine (C=N–C) groups is 4. The highest BCUT2D eigenvalue weighted by Gasteiger charge is 2.12. The van der Waals surface area contributed by atoms with Gasteiger partial charge in [-0.05, 0) is 36.4 Å². The number of rotatable bonds is 5. The van der Waals surface area contributed by atoms with Crippen LogP contribution in [0.15, 0.2) is 56.4 Å². The van der Waals surface area contributed by atoms with Gasteiger partial charge in [0.2, 0.25) is 24.3 Å². The first-order valence-corrected chi connectivity index (χ1v) is 6.33. The highest BCUT2D eigenvalue weighted by molar-refractivity contribution is 5.88. The Morgan fingerprint density at radius 2 is 1.08 bits per heavy atom. The van der Waals surface area contributed by atoms with E-state index in [2.05, 4.69) is 20.0 Å². The molecule has 0 saturated carbocycles. The van der Waals surface area contributed by atoms with Gasteiger partial charge < -0.3 is 0 Å². The van der Waals surface area contributed by atoms with Gasteiger partial charge in [-0.25, -0.2) is 19.2 Å². The average molecular weight is 318 g/mol. The smallest absolute Gasteiger partial charge is 0.211 e. The lowest BCUT2D eigenvalue weighted by molar-refractivity contribution is 0.564. The van der Waals surface area contributed by atoms with E-state index in [1.165, 1.54) is 60.7 Å². The van der Waals surface area contributed by atoms with Crippen LogP contribution < -0.4 is 0 Å². The Morgan fingerprint density at radius 1 is 0.542 bits per heavy atom. The molecule has 0 atom stereocenters. The summed E-state index contributed by atoms with van der Waals surface area (Å²) < 4.78 is 0. The number of carbonyl (C=O) groups excluding carboxylic acids is 4. The standard InChI is InChI=1S/C16H6N4O4/c21-7-17-11-2-4-15(19-9-23)14(5-11)13-3-1-12(18-8-22)6-16(13)20-10-24/h1-6H. The van der Waals surface area contributed by atoms with E-state index in [1.54, 1.807) is 0 Å². The highest BCUT2D eigenvalue weighted by atomic mass is 16.1. The molecule has 24 heavy (non-hydrogen) atoms. The number of hydrogen-bond acceptors (Lipinski definition) is 8. The molecule has 0 N–H and O–H groups in total. The molecule has 0 spiro atoms. The van der Waals surface area contributed by atoms with Crippen LogP contribution in [-0.4, -0.2) is 24.3 Å². The minimum absolute atomic E-state index is 0.135. The molecule has 114 valence electrons. The average Bonchev–Trinajstić information content (AvgIpc) is 2.58. The third kappa shape index (κ3) is 3.59. The van der Waals surface area contributed by atoms with E-state index < -0.39 is 0 Å². The van der Waals surface area contributed by atoms with Crippen LogP contribution in [0.5, 0.6) is 0 Å². The van der Waals surface area contributed by atoms with Crippen molar-refractivity contribution in [3.05, 3.63) is 36.4 Å². The van der Waals surface area contributed by atoms with Crippen molar-refractivity contribution in [1.29, 1.82) is 0 Å².